The summed E-state index contributed by atoms with van der Waals surface area (Å²) < 4.78 is -0.881. The summed E-state index contributed by atoms with van der Waals surface area (Å²) >= 11 is 15.5. The standard InChI is InChI=1S/C18H17Cl2NS/c1-12-7-9-14(10-8-12)17-11-13(2)22-16-6-4-3-5-15(16)21(17)18(17,19)20/h3-10,13H,11H2,1-2H3/t13-,17-,21?/m1/s1. The molecule has 2 aliphatic rings. The lowest BCUT2D eigenvalue weighted by atomic mass is 9.92. The van der Waals surface area contributed by atoms with Gasteiger partial charge >= 0.3 is 0 Å². The highest BCUT2D eigenvalue weighted by Crippen LogP contribution is 2.71. The van der Waals surface area contributed by atoms with E-state index >= 15 is 0 Å². The first kappa shape index (κ1) is 14.7. The Morgan fingerprint density at radius 2 is 1.77 bits per heavy atom. The normalized spacial score (nSPS) is 28.5. The molecule has 4 rings (SSSR count). The molecule has 2 heterocycles. The smallest absolute Gasteiger partial charge is 0.219 e. The number of aryl methyl sites for hydroxylation is 1. The molecular formula is C18H17Cl2NS. The molecule has 2 aromatic carbocycles. The Morgan fingerprint density at radius 3 is 2.50 bits per heavy atom. The van der Waals surface area contributed by atoms with Crippen LogP contribution in [-0.4, -0.2) is 9.71 Å². The van der Waals surface area contributed by atoms with Crippen LogP contribution < -0.4 is 4.90 Å². The van der Waals surface area contributed by atoms with E-state index in [-0.39, 0.29) is 5.54 Å². The van der Waals surface area contributed by atoms with E-state index in [2.05, 4.69) is 67.3 Å². The van der Waals surface area contributed by atoms with Crippen molar-refractivity contribution in [3.8, 4) is 0 Å². The Labute approximate surface area is 145 Å². The predicted octanol–water partition coefficient (Wildman–Crippen LogP) is 5.73. The van der Waals surface area contributed by atoms with Crippen LogP contribution in [0.3, 0.4) is 0 Å². The average Bonchev–Trinajstić information content (AvgIpc) is 3.01. The summed E-state index contributed by atoms with van der Waals surface area (Å²) in [4.78, 5) is 3.44. The molecule has 1 nitrogen and oxygen atoms in total. The maximum Gasteiger partial charge on any atom is 0.219 e. The van der Waals surface area contributed by atoms with Gasteiger partial charge in [-0.2, -0.15) is 0 Å². The van der Waals surface area contributed by atoms with Crippen LogP contribution in [0.25, 0.3) is 0 Å². The summed E-state index contributed by atoms with van der Waals surface area (Å²) in [5, 5.41) is 0.451. The van der Waals surface area contributed by atoms with Gasteiger partial charge in [0.05, 0.1) is 5.69 Å². The van der Waals surface area contributed by atoms with Crippen LogP contribution >= 0.6 is 35.0 Å². The van der Waals surface area contributed by atoms with Gasteiger partial charge in [0.1, 0.15) is 5.54 Å². The molecule has 0 N–H and O–H groups in total. The largest absolute Gasteiger partial charge is 0.322 e. The number of thioether (sulfide) groups is 1. The number of rotatable bonds is 1. The van der Waals surface area contributed by atoms with E-state index in [1.807, 2.05) is 11.8 Å². The number of fused-ring (bicyclic) bond motifs is 3. The summed E-state index contributed by atoms with van der Waals surface area (Å²) in [5.41, 5.74) is 3.26. The van der Waals surface area contributed by atoms with E-state index in [1.165, 1.54) is 16.0 Å². The average molecular weight is 350 g/mol. The van der Waals surface area contributed by atoms with Crippen LogP contribution in [0.1, 0.15) is 24.5 Å². The van der Waals surface area contributed by atoms with Gasteiger partial charge in [-0.05, 0) is 31.0 Å². The molecule has 0 saturated carbocycles. The fraction of sp³-hybridized carbons (Fsp3) is 0.333. The van der Waals surface area contributed by atoms with Gasteiger partial charge in [-0.3, -0.25) is 0 Å². The lowest BCUT2D eigenvalue weighted by Crippen LogP contribution is -2.21. The highest BCUT2D eigenvalue weighted by atomic mass is 35.5. The van der Waals surface area contributed by atoms with Crippen LogP contribution in [-0.2, 0) is 5.54 Å². The number of hydrogen-bond acceptors (Lipinski definition) is 2. The summed E-state index contributed by atoms with van der Waals surface area (Å²) in [7, 11) is 0. The van der Waals surface area contributed by atoms with E-state index in [1.54, 1.807) is 0 Å². The first-order chi connectivity index (χ1) is 10.5. The number of benzene rings is 2. The van der Waals surface area contributed by atoms with Gasteiger partial charge in [0.25, 0.3) is 0 Å². The molecule has 0 aliphatic carbocycles. The summed E-state index contributed by atoms with van der Waals surface area (Å²) in [6, 6.07) is 17.0. The van der Waals surface area contributed by atoms with E-state index in [9.17, 15) is 0 Å². The minimum atomic E-state index is -0.881. The molecule has 4 heteroatoms. The molecule has 0 spiro atoms. The van der Waals surface area contributed by atoms with Crippen molar-refractivity contribution in [3.63, 3.8) is 0 Å². The van der Waals surface area contributed by atoms with E-state index < -0.39 is 4.46 Å². The van der Waals surface area contributed by atoms with Gasteiger partial charge in [0.2, 0.25) is 4.46 Å². The Morgan fingerprint density at radius 1 is 1.09 bits per heavy atom. The minimum Gasteiger partial charge on any atom is -0.322 e. The quantitative estimate of drug-likeness (QED) is 0.367. The molecular weight excluding hydrogens is 333 g/mol. The number of para-hydroxylation sites is 1. The number of nitrogens with zero attached hydrogens (tertiary/aromatic N) is 1. The molecule has 2 aromatic rings. The topological polar surface area (TPSA) is 3.01 Å². The molecule has 1 fully saturated rings. The summed E-state index contributed by atoms with van der Waals surface area (Å²) in [6.45, 7) is 4.35. The first-order valence-electron chi connectivity index (χ1n) is 7.48. The first-order valence-corrected chi connectivity index (χ1v) is 9.11. The molecule has 114 valence electrons. The van der Waals surface area contributed by atoms with Crippen LogP contribution in [0, 0.1) is 6.92 Å². The molecule has 0 amide bonds. The van der Waals surface area contributed by atoms with Crippen LogP contribution in [0.5, 0.6) is 0 Å². The zero-order chi connectivity index (χ0) is 15.5. The van der Waals surface area contributed by atoms with E-state index in [4.69, 9.17) is 23.2 Å². The van der Waals surface area contributed by atoms with Gasteiger partial charge < -0.3 is 4.90 Å². The highest BCUT2D eigenvalue weighted by Gasteiger charge is 2.76. The second-order valence-corrected chi connectivity index (χ2v) is 8.97. The van der Waals surface area contributed by atoms with Gasteiger partial charge in [-0.1, -0.05) is 72.1 Å². The van der Waals surface area contributed by atoms with Crippen molar-refractivity contribution in [1.29, 1.82) is 0 Å². The second kappa shape index (κ2) is 4.83. The maximum absolute atomic E-state index is 6.79. The van der Waals surface area contributed by atoms with Crippen molar-refractivity contribution in [2.75, 3.05) is 4.90 Å². The van der Waals surface area contributed by atoms with Crippen molar-refractivity contribution < 1.29 is 0 Å². The lowest BCUT2D eigenvalue weighted by molar-refractivity contribution is 0.610. The monoisotopic (exact) mass is 349 g/mol. The van der Waals surface area contributed by atoms with Crippen molar-refractivity contribution in [1.82, 2.24) is 0 Å². The minimum absolute atomic E-state index is 0.331. The summed E-state index contributed by atoms with van der Waals surface area (Å²) in [5.74, 6) is 0. The SMILES string of the molecule is Cc1ccc([C@@]23C[C@@H](C)Sc4ccccc4N2C3(Cl)Cl)cc1. The molecule has 0 radical (unpaired) electrons. The lowest BCUT2D eigenvalue weighted by Gasteiger charge is -2.19. The summed E-state index contributed by atoms with van der Waals surface area (Å²) in [6.07, 6.45) is 0.933. The Kier molecular flexibility index (Phi) is 3.24. The molecule has 0 aromatic heterocycles. The van der Waals surface area contributed by atoms with Crippen molar-refractivity contribution in [3.05, 3.63) is 59.7 Å². The number of anilines is 1. The predicted molar refractivity (Wildman–Crippen MR) is 96.2 cm³/mol. The molecule has 2 aliphatic heterocycles. The molecule has 2 atom stereocenters. The van der Waals surface area contributed by atoms with Gasteiger partial charge in [-0.15, -0.1) is 11.8 Å². The fourth-order valence-electron chi connectivity index (χ4n) is 3.58. The Bertz CT molecular complexity index is 728. The fourth-order valence-corrected chi connectivity index (χ4v) is 5.71. The van der Waals surface area contributed by atoms with Gasteiger partial charge in [0, 0.05) is 10.1 Å². The third kappa shape index (κ3) is 1.87. The zero-order valence-electron chi connectivity index (χ0n) is 12.5. The molecule has 0 bridgehead atoms. The highest BCUT2D eigenvalue weighted by molar-refractivity contribution is 8.00. The van der Waals surface area contributed by atoms with Crippen molar-refractivity contribution in [2.24, 2.45) is 0 Å². The zero-order valence-corrected chi connectivity index (χ0v) is 14.8. The Hall–Kier alpha value is -0.830. The second-order valence-electron chi connectivity index (χ2n) is 6.20. The van der Waals surface area contributed by atoms with E-state index in [0.717, 1.165) is 12.1 Å². The molecule has 22 heavy (non-hydrogen) atoms. The van der Waals surface area contributed by atoms with Crippen molar-refractivity contribution >= 4 is 40.7 Å². The molecule has 0 unspecified atom stereocenters. The van der Waals surface area contributed by atoms with Gasteiger partial charge in [0.15, 0.2) is 0 Å². The maximum atomic E-state index is 6.79. The number of alkyl halides is 2. The van der Waals surface area contributed by atoms with E-state index in [0.29, 0.717) is 5.25 Å². The van der Waals surface area contributed by atoms with Crippen LogP contribution in [0.2, 0.25) is 0 Å². The number of hydrogen-bond donors (Lipinski definition) is 0. The molecule has 1 saturated heterocycles. The van der Waals surface area contributed by atoms with Crippen LogP contribution in [0.15, 0.2) is 53.4 Å². The Balaban J connectivity index is 1.90. The number of halogens is 2. The van der Waals surface area contributed by atoms with Crippen LogP contribution in [0.4, 0.5) is 5.69 Å². The van der Waals surface area contributed by atoms with Gasteiger partial charge in [-0.25, -0.2) is 0 Å². The van der Waals surface area contributed by atoms with Crippen molar-refractivity contribution in [2.45, 2.75) is 40.4 Å². The third-order valence-corrected chi connectivity index (χ3v) is 6.79. The third-order valence-electron chi connectivity index (χ3n) is 4.66.